The molecule has 0 spiro atoms. The van der Waals surface area contributed by atoms with Crippen LogP contribution in [0.3, 0.4) is 0 Å². The summed E-state index contributed by atoms with van der Waals surface area (Å²) in [7, 11) is 1.64. The van der Waals surface area contributed by atoms with Gasteiger partial charge in [0.25, 0.3) is 0 Å². The van der Waals surface area contributed by atoms with Gasteiger partial charge in [0.05, 0.1) is 19.1 Å². The summed E-state index contributed by atoms with van der Waals surface area (Å²) in [6.07, 6.45) is 2.55. The summed E-state index contributed by atoms with van der Waals surface area (Å²) in [6, 6.07) is 12.2. The Kier molecular flexibility index (Phi) is 6.19. The number of carbonyl (C=O) groups excluding carboxylic acids is 1. The van der Waals surface area contributed by atoms with Crippen LogP contribution in [0.25, 0.3) is 0 Å². The minimum absolute atomic E-state index is 0.0609. The third kappa shape index (κ3) is 5.18. The molecule has 0 aliphatic carbocycles. The number of hydrogen-bond donors (Lipinski definition) is 1. The molecule has 5 nitrogen and oxygen atoms in total. The van der Waals surface area contributed by atoms with E-state index in [0.717, 1.165) is 48.6 Å². The van der Waals surface area contributed by atoms with Gasteiger partial charge in [-0.1, -0.05) is 12.1 Å². The highest BCUT2D eigenvalue weighted by Crippen LogP contribution is 2.41. The smallest absolute Gasteiger partial charge is 0.224 e. The number of nitrogens with zero attached hydrogens (tertiary/aromatic N) is 1. The van der Waals surface area contributed by atoms with Gasteiger partial charge in [0.1, 0.15) is 22.9 Å². The molecule has 0 radical (unpaired) electrons. The largest absolute Gasteiger partial charge is 0.497 e. The van der Waals surface area contributed by atoms with Crippen molar-refractivity contribution >= 4 is 5.91 Å². The number of fused-ring (bicyclic) bond motifs is 1. The van der Waals surface area contributed by atoms with Crippen LogP contribution in [-0.2, 0) is 11.3 Å². The van der Waals surface area contributed by atoms with Crippen molar-refractivity contribution in [2.45, 2.75) is 51.3 Å². The standard InChI is InChI=1S/C25H31FN2O3/c1-25(2)14-22(21-13-20(30-3)10-11-23(21)31-25)27-24(29)18-5-4-12-28(16-18)15-17-6-8-19(26)9-7-17/h6-11,13,18,22H,4-5,12,14-16H2,1-3H3,(H,27,29)/t18-,22-/m1/s1. The molecule has 2 aliphatic rings. The first-order valence-electron chi connectivity index (χ1n) is 11.0. The molecule has 1 N–H and O–H groups in total. The summed E-state index contributed by atoms with van der Waals surface area (Å²) in [5, 5.41) is 3.29. The lowest BCUT2D eigenvalue weighted by Gasteiger charge is -2.39. The molecule has 4 rings (SSSR count). The van der Waals surface area contributed by atoms with Crippen molar-refractivity contribution in [3.63, 3.8) is 0 Å². The maximum atomic E-state index is 13.2. The van der Waals surface area contributed by atoms with E-state index >= 15 is 0 Å². The van der Waals surface area contributed by atoms with Gasteiger partial charge in [-0.2, -0.15) is 0 Å². The van der Waals surface area contributed by atoms with Crippen molar-refractivity contribution in [1.82, 2.24) is 10.2 Å². The van der Waals surface area contributed by atoms with E-state index in [1.165, 1.54) is 12.1 Å². The Balaban J connectivity index is 1.44. The van der Waals surface area contributed by atoms with Gasteiger partial charge in [0.2, 0.25) is 5.91 Å². The lowest BCUT2D eigenvalue weighted by Crippen LogP contribution is -2.46. The van der Waals surface area contributed by atoms with Gasteiger partial charge in [0.15, 0.2) is 0 Å². The first kappa shape index (κ1) is 21.6. The summed E-state index contributed by atoms with van der Waals surface area (Å²) >= 11 is 0. The molecule has 2 heterocycles. The topological polar surface area (TPSA) is 50.8 Å². The van der Waals surface area contributed by atoms with Crippen LogP contribution in [0, 0.1) is 11.7 Å². The van der Waals surface area contributed by atoms with Crippen LogP contribution in [0.5, 0.6) is 11.5 Å². The van der Waals surface area contributed by atoms with E-state index in [1.807, 2.05) is 44.2 Å². The van der Waals surface area contributed by atoms with Crippen LogP contribution in [0.1, 0.15) is 50.3 Å². The zero-order chi connectivity index (χ0) is 22.0. The molecule has 0 bridgehead atoms. The van der Waals surface area contributed by atoms with Crippen molar-refractivity contribution in [3.05, 3.63) is 59.4 Å². The van der Waals surface area contributed by atoms with Gasteiger partial charge in [0, 0.05) is 25.1 Å². The molecule has 2 aromatic rings. The van der Waals surface area contributed by atoms with E-state index < -0.39 is 0 Å². The second-order valence-corrected chi connectivity index (χ2v) is 9.23. The van der Waals surface area contributed by atoms with Gasteiger partial charge in [-0.15, -0.1) is 0 Å². The Hall–Kier alpha value is -2.60. The zero-order valence-corrected chi connectivity index (χ0v) is 18.5. The average Bonchev–Trinajstić information content (AvgIpc) is 2.74. The van der Waals surface area contributed by atoms with Crippen molar-refractivity contribution in [1.29, 1.82) is 0 Å². The number of benzene rings is 2. The SMILES string of the molecule is COc1ccc2c(c1)[C@H](NC(=O)[C@@H]1CCCN(Cc3ccc(F)cc3)C1)CC(C)(C)O2. The van der Waals surface area contributed by atoms with Gasteiger partial charge in [-0.05, 0) is 69.1 Å². The van der Waals surface area contributed by atoms with E-state index in [0.29, 0.717) is 13.0 Å². The predicted molar refractivity (Wildman–Crippen MR) is 118 cm³/mol. The molecular weight excluding hydrogens is 395 g/mol. The van der Waals surface area contributed by atoms with Crippen LogP contribution in [0.4, 0.5) is 4.39 Å². The van der Waals surface area contributed by atoms with Crippen molar-refractivity contribution in [3.8, 4) is 11.5 Å². The Morgan fingerprint density at radius 1 is 1.26 bits per heavy atom. The molecule has 0 aromatic heterocycles. The molecule has 1 amide bonds. The van der Waals surface area contributed by atoms with E-state index in [9.17, 15) is 9.18 Å². The molecule has 2 aliphatic heterocycles. The van der Waals surface area contributed by atoms with Gasteiger partial charge in [-0.3, -0.25) is 9.69 Å². The fraction of sp³-hybridized carbons (Fsp3) is 0.480. The number of methoxy groups -OCH3 is 1. The molecule has 2 aromatic carbocycles. The Morgan fingerprint density at radius 3 is 2.77 bits per heavy atom. The van der Waals surface area contributed by atoms with Crippen molar-refractivity contribution in [2.24, 2.45) is 5.92 Å². The minimum atomic E-state index is -0.360. The van der Waals surface area contributed by atoms with E-state index in [1.54, 1.807) is 7.11 Å². The van der Waals surface area contributed by atoms with Crippen LogP contribution >= 0.6 is 0 Å². The number of hydrogen-bond acceptors (Lipinski definition) is 4. The van der Waals surface area contributed by atoms with Crippen LogP contribution in [-0.4, -0.2) is 36.6 Å². The third-order valence-corrected chi connectivity index (χ3v) is 6.19. The molecule has 31 heavy (non-hydrogen) atoms. The van der Waals surface area contributed by atoms with Crippen LogP contribution in [0.2, 0.25) is 0 Å². The van der Waals surface area contributed by atoms with Gasteiger partial charge >= 0.3 is 0 Å². The van der Waals surface area contributed by atoms with Crippen LogP contribution in [0.15, 0.2) is 42.5 Å². The maximum Gasteiger partial charge on any atom is 0.224 e. The first-order chi connectivity index (χ1) is 14.8. The predicted octanol–water partition coefficient (Wildman–Crippen LogP) is 4.46. The second-order valence-electron chi connectivity index (χ2n) is 9.23. The minimum Gasteiger partial charge on any atom is -0.497 e. The van der Waals surface area contributed by atoms with Crippen molar-refractivity contribution in [2.75, 3.05) is 20.2 Å². The summed E-state index contributed by atoms with van der Waals surface area (Å²) < 4.78 is 24.7. The normalized spacial score (nSPS) is 22.8. The molecule has 6 heteroatoms. The second kappa shape index (κ2) is 8.87. The highest BCUT2D eigenvalue weighted by molar-refractivity contribution is 5.79. The summed E-state index contributed by atoms with van der Waals surface area (Å²) in [6.45, 7) is 6.48. The van der Waals surface area contributed by atoms with E-state index in [-0.39, 0.29) is 29.3 Å². The third-order valence-electron chi connectivity index (χ3n) is 6.19. The highest BCUT2D eigenvalue weighted by Gasteiger charge is 2.36. The average molecular weight is 427 g/mol. The number of carbonyl (C=O) groups is 1. The molecular formula is C25H31FN2O3. The van der Waals surface area contributed by atoms with E-state index in [4.69, 9.17) is 9.47 Å². The summed E-state index contributed by atoms with van der Waals surface area (Å²) in [5.74, 6) is 1.35. The fourth-order valence-corrected chi connectivity index (χ4v) is 4.64. The Morgan fingerprint density at radius 2 is 2.03 bits per heavy atom. The number of rotatable bonds is 5. The molecule has 0 saturated carbocycles. The highest BCUT2D eigenvalue weighted by atomic mass is 19.1. The fourth-order valence-electron chi connectivity index (χ4n) is 4.64. The first-order valence-corrected chi connectivity index (χ1v) is 11.0. The summed E-state index contributed by atoms with van der Waals surface area (Å²) in [5.41, 5.74) is 1.67. The molecule has 166 valence electrons. The Bertz CT molecular complexity index is 929. The van der Waals surface area contributed by atoms with Crippen molar-refractivity contribution < 1.29 is 18.7 Å². The Labute approximate surface area is 183 Å². The number of ether oxygens (including phenoxy) is 2. The molecule has 2 atom stereocenters. The molecule has 0 unspecified atom stereocenters. The lowest BCUT2D eigenvalue weighted by atomic mass is 9.88. The maximum absolute atomic E-state index is 13.2. The number of nitrogens with one attached hydrogen (secondary N) is 1. The van der Waals surface area contributed by atoms with Gasteiger partial charge in [-0.25, -0.2) is 4.39 Å². The monoisotopic (exact) mass is 426 g/mol. The number of likely N-dealkylation sites (tertiary alicyclic amines) is 1. The molecule has 1 saturated heterocycles. The zero-order valence-electron chi connectivity index (χ0n) is 18.5. The number of piperidine rings is 1. The lowest BCUT2D eigenvalue weighted by molar-refractivity contribution is -0.128. The van der Waals surface area contributed by atoms with E-state index in [2.05, 4.69) is 10.2 Å². The quantitative estimate of drug-likeness (QED) is 0.767. The number of halogens is 1. The van der Waals surface area contributed by atoms with Gasteiger partial charge < -0.3 is 14.8 Å². The summed E-state index contributed by atoms with van der Waals surface area (Å²) in [4.78, 5) is 15.5. The number of amides is 1. The molecule has 1 fully saturated rings. The van der Waals surface area contributed by atoms with Crippen LogP contribution < -0.4 is 14.8 Å².